The third-order valence-corrected chi connectivity index (χ3v) is 5.63. The monoisotopic (exact) mass is 490 g/mol. The van der Waals surface area contributed by atoms with Crippen LogP contribution in [-0.2, 0) is 19.1 Å². The van der Waals surface area contributed by atoms with E-state index in [2.05, 4.69) is 36.6 Å². The average Bonchev–Trinajstić information content (AvgIpc) is 2.73. The molecule has 7 nitrogen and oxygen atoms in total. The summed E-state index contributed by atoms with van der Waals surface area (Å²) < 4.78 is 11.3. The van der Waals surface area contributed by atoms with Crippen LogP contribution in [0.2, 0.25) is 0 Å². The zero-order chi connectivity index (χ0) is 26.8. The molecule has 0 fully saturated rings. The normalized spacial score (nSPS) is 13.7. The predicted octanol–water partition coefficient (Wildman–Crippen LogP) is 4.98. The molecule has 35 heavy (non-hydrogen) atoms. The largest absolute Gasteiger partial charge is 0.494 e. The van der Waals surface area contributed by atoms with Crippen LogP contribution in [0.15, 0.2) is 24.3 Å². The van der Waals surface area contributed by atoms with Gasteiger partial charge in [-0.05, 0) is 69.1 Å². The van der Waals surface area contributed by atoms with Gasteiger partial charge in [0.25, 0.3) is 0 Å². The number of likely N-dealkylation sites (N-methyl/N-ethyl adjacent to an activating group) is 1. The van der Waals surface area contributed by atoms with Crippen molar-refractivity contribution in [1.29, 1.82) is 0 Å². The third kappa shape index (κ3) is 11.6. The Balaban J connectivity index is 2.75. The molecule has 1 rings (SSSR count). The van der Waals surface area contributed by atoms with Crippen LogP contribution in [0.25, 0.3) is 0 Å². The Kier molecular flexibility index (Phi) is 11.7. The molecule has 1 aromatic rings. The van der Waals surface area contributed by atoms with Crippen LogP contribution in [0.1, 0.15) is 92.6 Å². The molecule has 0 unspecified atom stereocenters. The van der Waals surface area contributed by atoms with E-state index in [1.54, 1.807) is 27.8 Å². The zero-order valence-corrected chi connectivity index (χ0v) is 23.1. The van der Waals surface area contributed by atoms with E-state index in [1.807, 2.05) is 32.9 Å². The summed E-state index contributed by atoms with van der Waals surface area (Å²) in [7, 11) is 1.54. The van der Waals surface area contributed by atoms with Gasteiger partial charge in [0, 0.05) is 13.0 Å². The maximum Gasteiger partial charge on any atom is 0.307 e. The number of esters is 1. The molecule has 0 aliphatic carbocycles. The average molecular weight is 491 g/mol. The number of unbranched alkanes of at least 4 members (excludes halogenated alkanes) is 1. The molecule has 0 aromatic heterocycles. The quantitative estimate of drug-likeness (QED) is 0.318. The minimum absolute atomic E-state index is 0.0365. The van der Waals surface area contributed by atoms with Crippen molar-refractivity contribution in [1.82, 2.24) is 10.6 Å². The van der Waals surface area contributed by atoms with Crippen molar-refractivity contribution in [3.05, 3.63) is 29.8 Å². The highest BCUT2D eigenvalue weighted by molar-refractivity contribution is 5.90. The van der Waals surface area contributed by atoms with Crippen LogP contribution in [0.3, 0.4) is 0 Å². The van der Waals surface area contributed by atoms with Gasteiger partial charge in [0.05, 0.1) is 13.0 Å². The van der Waals surface area contributed by atoms with Crippen LogP contribution in [0.5, 0.6) is 5.75 Å². The summed E-state index contributed by atoms with van der Waals surface area (Å²) in [6.07, 6.45) is 1.89. The van der Waals surface area contributed by atoms with E-state index in [4.69, 9.17) is 9.47 Å². The minimum atomic E-state index is -0.710. The van der Waals surface area contributed by atoms with Crippen LogP contribution >= 0.6 is 0 Å². The van der Waals surface area contributed by atoms with Gasteiger partial charge in [0.1, 0.15) is 17.4 Å². The second-order valence-electron chi connectivity index (χ2n) is 11.5. The van der Waals surface area contributed by atoms with Gasteiger partial charge in [-0.1, -0.05) is 46.8 Å². The topological polar surface area (TPSA) is 93.7 Å². The van der Waals surface area contributed by atoms with Crippen molar-refractivity contribution < 1.29 is 23.9 Å². The van der Waals surface area contributed by atoms with Crippen molar-refractivity contribution in [3.63, 3.8) is 0 Å². The maximum absolute atomic E-state index is 13.2. The first-order valence-corrected chi connectivity index (χ1v) is 12.6. The number of nitrogens with one attached hydrogen (secondary N) is 2. The Morgan fingerprint density at radius 1 is 0.914 bits per heavy atom. The van der Waals surface area contributed by atoms with E-state index in [0.29, 0.717) is 25.4 Å². The lowest BCUT2D eigenvalue weighted by Crippen LogP contribution is -2.54. The van der Waals surface area contributed by atoms with Crippen molar-refractivity contribution in [3.8, 4) is 5.75 Å². The summed E-state index contributed by atoms with van der Waals surface area (Å²) >= 11 is 0. The molecule has 0 radical (unpaired) electrons. The molecule has 2 N–H and O–H groups in total. The number of benzene rings is 1. The molecular weight excluding hydrogens is 444 g/mol. The fraction of sp³-hybridized carbons (Fsp3) is 0.679. The molecule has 0 aliphatic heterocycles. The predicted molar refractivity (Wildman–Crippen MR) is 139 cm³/mol. The van der Waals surface area contributed by atoms with E-state index in [9.17, 15) is 14.4 Å². The molecule has 0 spiro atoms. The van der Waals surface area contributed by atoms with Gasteiger partial charge in [-0.3, -0.25) is 14.4 Å². The number of hydrogen-bond donors (Lipinski definition) is 2. The zero-order valence-electron chi connectivity index (χ0n) is 23.1. The summed E-state index contributed by atoms with van der Waals surface area (Å²) in [5.74, 6) is -0.311. The number of ether oxygens (including phenoxy) is 2. The molecule has 0 saturated heterocycles. The molecule has 2 amide bonds. The Morgan fingerprint density at radius 2 is 1.51 bits per heavy atom. The SMILES string of the molecule is CNC(=O)[C@@H](NC(=O)[C@H](CCCCOc1ccc(C(C)C)cc1)CC(=O)OC(C)(C)C)C(C)(C)C. The van der Waals surface area contributed by atoms with E-state index < -0.39 is 28.9 Å². The smallest absolute Gasteiger partial charge is 0.307 e. The van der Waals surface area contributed by atoms with Crippen molar-refractivity contribution >= 4 is 17.8 Å². The molecule has 0 saturated carbocycles. The summed E-state index contributed by atoms with van der Waals surface area (Å²) in [6, 6.07) is 7.37. The molecule has 198 valence electrons. The first-order valence-electron chi connectivity index (χ1n) is 12.6. The van der Waals surface area contributed by atoms with E-state index in [-0.39, 0.29) is 18.2 Å². The molecule has 7 heteroatoms. The fourth-order valence-corrected chi connectivity index (χ4v) is 3.62. The van der Waals surface area contributed by atoms with Gasteiger partial charge in [-0.15, -0.1) is 0 Å². The molecule has 0 bridgehead atoms. The molecule has 2 atom stereocenters. The number of amides is 2. The third-order valence-electron chi connectivity index (χ3n) is 5.63. The van der Waals surface area contributed by atoms with Gasteiger partial charge in [-0.2, -0.15) is 0 Å². The maximum atomic E-state index is 13.2. The lowest BCUT2D eigenvalue weighted by atomic mass is 9.85. The Labute approximate surface area is 211 Å². The molecular formula is C28H46N2O5. The highest BCUT2D eigenvalue weighted by atomic mass is 16.6. The first kappa shape index (κ1) is 30.5. The van der Waals surface area contributed by atoms with Gasteiger partial charge < -0.3 is 20.1 Å². The van der Waals surface area contributed by atoms with Crippen LogP contribution in [0.4, 0.5) is 0 Å². The minimum Gasteiger partial charge on any atom is -0.494 e. The van der Waals surface area contributed by atoms with Gasteiger partial charge in [-0.25, -0.2) is 0 Å². The molecule has 1 aromatic carbocycles. The van der Waals surface area contributed by atoms with Gasteiger partial charge in [0.15, 0.2) is 0 Å². The highest BCUT2D eigenvalue weighted by Crippen LogP contribution is 2.23. The van der Waals surface area contributed by atoms with E-state index in [0.717, 1.165) is 12.2 Å². The lowest BCUT2D eigenvalue weighted by Gasteiger charge is -2.31. The fourth-order valence-electron chi connectivity index (χ4n) is 3.62. The Hall–Kier alpha value is -2.57. The van der Waals surface area contributed by atoms with E-state index in [1.165, 1.54) is 5.56 Å². The summed E-state index contributed by atoms with van der Waals surface area (Å²) in [5, 5.41) is 5.48. The van der Waals surface area contributed by atoms with Gasteiger partial charge in [0.2, 0.25) is 11.8 Å². The van der Waals surface area contributed by atoms with E-state index >= 15 is 0 Å². The summed E-state index contributed by atoms with van der Waals surface area (Å²) in [4.78, 5) is 38.0. The van der Waals surface area contributed by atoms with Crippen molar-refractivity contribution in [2.45, 2.75) is 98.6 Å². The van der Waals surface area contributed by atoms with Crippen molar-refractivity contribution in [2.75, 3.05) is 13.7 Å². The Bertz CT molecular complexity index is 819. The number of hydrogen-bond acceptors (Lipinski definition) is 5. The Morgan fingerprint density at radius 3 is 2.00 bits per heavy atom. The molecule has 0 heterocycles. The lowest BCUT2D eigenvalue weighted by molar-refractivity contribution is -0.157. The van der Waals surface area contributed by atoms with Crippen LogP contribution in [-0.4, -0.2) is 43.1 Å². The molecule has 0 aliphatic rings. The highest BCUT2D eigenvalue weighted by Gasteiger charge is 2.34. The van der Waals surface area contributed by atoms with Gasteiger partial charge >= 0.3 is 5.97 Å². The summed E-state index contributed by atoms with van der Waals surface area (Å²) in [5.41, 5.74) is 0.150. The van der Waals surface area contributed by atoms with Crippen LogP contribution < -0.4 is 15.4 Å². The number of carbonyl (C=O) groups excluding carboxylic acids is 3. The second-order valence-corrected chi connectivity index (χ2v) is 11.5. The van der Waals surface area contributed by atoms with Crippen molar-refractivity contribution in [2.24, 2.45) is 11.3 Å². The van der Waals surface area contributed by atoms with Crippen LogP contribution in [0, 0.1) is 11.3 Å². The number of rotatable bonds is 12. The number of carbonyl (C=O) groups is 3. The second kappa shape index (κ2) is 13.5. The first-order chi connectivity index (χ1) is 16.1. The summed E-state index contributed by atoms with van der Waals surface area (Å²) in [6.45, 7) is 15.9. The standard InChI is InChI=1S/C28H46N2O5/c1-19(2)20-13-15-22(16-14-20)34-17-11-10-12-21(18-23(31)35-28(6,7)8)25(32)30-24(26(33)29-9)27(3,4)5/h13-16,19,21,24H,10-12,17-18H2,1-9H3,(H,29,33)(H,30,32)/t21-,24-/m1/s1.